The maximum absolute atomic E-state index is 13.8. The lowest BCUT2D eigenvalue weighted by Gasteiger charge is -2.17. The first-order valence-corrected chi connectivity index (χ1v) is 14.6. The highest BCUT2D eigenvalue weighted by atomic mass is 35.5. The number of para-hydroxylation sites is 1. The molecule has 5 rings (SSSR count). The topological polar surface area (TPSA) is 94.8 Å². The molecule has 0 fully saturated rings. The summed E-state index contributed by atoms with van der Waals surface area (Å²) in [5, 5.41) is 8.78. The van der Waals surface area contributed by atoms with Gasteiger partial charge in [0.2, 0.25) is 0 Å². The van der Waals surface area contributed by atoms with Crippen LogP contribution in [0.4, 0.5) is 5.69 Å². The van der Waals surface area contributed by atoms with E-state index >= 15 is 0 Å². The first kappa shape index (κ1) is 30.8. The fraction of sp³-hybridized carbons (Fsp3) is 0.176. The van der Waals surface area contributed by atoms with E-state index in [2.05, 4.69) is 24.3 Å². The second-order valence-corrected chi connectivity index (χ2v) is 11.3. The molecule has 1 amide bonds. The summed E-state index contributed by atoms with van der Waals surface area (Å²) in [7, 11) is 1.64. The minimum Gasteiger partial charge on any atom is -0.496 e. The number of nitrogens with zero attached hydrogens (tertiary/aromatic N) is 3. The number of hydrogen-bond acceptors (Lipinski definition) is 6. The van der Waals surface area contributed by atoms with Crippen LogP contribution in [0.5, 0.6) is 11.5 Å². The number of methoxy groups -OCH3 is 1. The predicted octanol–water partition coefficient (Wildman–Crippen LogP) is 7.71. The van der Waals surface area contributed by atoms with Crippen LogP contribution in [-0.2, 0) is 4.79 Å². The van der Waals surface area contributed by atoms with Crippen molar-refractivity contribution in [2.24, 2.45) is 5.10 Å². The number of fused-ring (bicyclic) bond motifs is 1. The molecule has 0 unspecified atom stereocenters. The Labute approximate surface area is 264 Å². The Kier molecular flexibility index (Phi) is 9.32. The summed E-state index contributed by atoms with van der Waals surface area (Å²) < 4.78 is 12.7. The number of benzene rings is 4. The maximum atomic E-state index is 13.8. The molecule has 224 valence electrons. The van der Waals surface area contributed by atoms with E-state index in [1.807, 2.05) is 25.1 Å². The maximum Gasteiger partial charge on any atom is 0.282 e. The Morgan fingerprint density at radius 1 is 1.00 bits per heavy atom. The van der Waals surface area contributed by atoms with Crippen LogP contribution in [-0.4, -0.2) is 35.5 Å². The van der Waals surface area contributed by atoms with Crippen LogP contribution in [0.2, 0.25) is 10.0 Å². The molecule has 4 aromatic carbocycles. The molecule has 1 aromatic heterocycles. The van der Waals surface area contributed by atoms with E-state index in [-0.39, 0.29) is 24.0 Å². The molecule has 1 heterocycles. The SMILES string of the molecule is COc1cc(C)c(-c2nc3ccccc3c(=O)n2N=Cc2cc(Cl)ccc2OCC(=O)Nc2ccc(Cl)cc2)cc1C(C)C. The summed E-state index contributed by atoms with van der Waals surface area (Å²) >= 11 is 12.2. The summed E-state index contributed by atoms with van der Waals surface area (Å²) in [5.74, 6) is 1.30. The van der Waals surface area contributed by atoms with E-state index in [1.165, 1.54) is 10.9 Å². The van der Waals surface area contributed by atoms with Crippen molar-refractivity contribution >= 4 is 51.9 Å². The van der Waals surface area contributed by atoms with Crippen LogP contribution in [0.25, 0.3) is 22.3 Å². The van der Waals surface area contributed by atoms with Gasteiger partial charge in [-0.3, -0.25) is 9.59 Å². The highest BCUT2D eigenvalue weighted by Crippen LogP contribution is 2.34. The molecule has 0 spiro atoms. The zero-order chi connectivity index (χ0) is 31.4. The molecule has 0 aliphatic carbocycles. The van der Waals surface area contributed by atoms with Crippen LogP contribution >= 0.6 is 23.2 Å². The Hall–Kier alpha value is -4.66. The third-order valence-corrected chi connectivity index (χ3v) is 7.45. The summed E-state index contributed by atoms with van der Waals surface area (Å²) in [6.07, 6.45) is 1.47. The molecular formula is C34H30Cl2N4O4. The molecule has 0 saturated carbocycles. The molecular weight excluding hydrogens is 599 g/mol. The van der Waals surface area contributed by atoms with Gasteiger partial charge >= 0.3 is 0 Å². The Morgan fingerprint density at radius 3 is 2.45 bits per heavy atom. The second kappa shape index (κ2) is 13.3. The molecule has 0 aliphatic rings. The number of aryl methyl sites for hydroxylation is 1. The van der Waals surface area contributed by atoms with Gasteiger partial charge in [0.1, 0.15) is 11.5 Å². The van der Waals surface area contributed by atoms with Crippen molar-refractivity contribution in [2.75, 3.05) is 19.0 Å². The standard InChI is InChI=1S/C34H30Cl2N4O4/c1-20(2)27-17-28(21(3)15-31(27)43-4)33-39-29-8-6-5-7-26(29)34(42)40(33)37-18-22-16-24(36)11-14-30(22)44-19-32(41)38-25-12-9-23(35)10-13-25/h5-18,20H,19H2,1-4H3,(H,38,41). The molecule has 5 aromatic rings. The van der Waals surface area contributed by atoms with Crippen LogP contribution in [0.3, 0.4) is 0 Å². The van der Waals surface area contributed by atoms with Crippen molar-refractivity contribution in [1.82, 2.24) is 9.66 Å². The summed E-state index contributed by atoms with van der Waals surface area (Å²) in [5.41, 5.74) is 3.87. The van der Waals surface area contributed by atoms with E-state index < -0.39 is 0 Å². The van der Waals surface area contributed by atoms with Crippen LogP contribution < -0.4 is 20.3 Å². The minimum absolute atomic E-state index is 0.163. The van der Waals surface area contributed by atoms with Gasteiger partial charge in [-0.15, -0.1) is 0 Å². The molecule has 44 heavy (non-hydrogen) atoms. The number of hydrogen-bond donors (Lipinski definition) is 1. The number of halogens is 2. The summed E-state index contributed by atoms with van der Waals surface area (Å²) in [6, 6.07) is 22.8. The Morgan fingerprint density at radius 2 is 1.73 bits per heavy atom. The molecule has 0 atom stereocenters. The first-order chi connectivity index (χ1) is 21.1. The number of amides is 1. The fourth-order valence-electron chi connectivity index (χ4n) is 4.72. The van der Waals surface area contributed by atoms with Crippen LogP contribution in [0.15, 0.2) is 88.8 Å². The number of carbonyl (C=O) groups is 1. The quantitative estimate of drug-likeness (QED) is 0.169. The monoisotopic (exact) mass is 628 g/mol. The molecule has 0 aliphatic heterocycles. The van der Waals surface area contributed by atoms with Gasteiger partial charge in [-0.2, -0.15) is 9.78 Å². The highest BCUT2D eigenvalue weighted by Gasteiger charge is 2.18. The van der Waals surface area contributed by atoms with Gasteiger partial charge in [0.05, 0.1) is 24.2 Å². The first-order valence-electron chi connectivity index (χ1n) is 13.9. The van der Waals surface area contributed by atoms with Crippen molar-refractivity contribution in [3.05, 3.63) is 116 Å². The average Bonchev–Trinajstić information content (AvgIpc) is 3.01. The largest absolute Gasteiger partial charge is 0.496 e. The van der Waals surface area contributed by atoms with E-state index in [0.29, 0.717) is 43.8 Å². The molecule has 0 radical (unpaired) electrons. The fourth-order valence-corrected chi connectivity index (χ4v) is 5.02. The van der Waals surface area contributed by atoms with Crippen molar-refractivity contribution < 1.29 is 14.3 Å². The van der Waals surface area contributed by atoms with Gasteiger partial charge in [0.25, 0.3) is 11.5 Å². The van der Waals surface area contributed by atoms with Crippen LogP contribution in [0.1, 0.15) is 36.5 Å². The van der Waals surface area contributed by atoms with Crippen molar-refractivity contribution in [3.8, 4) is 22.9 Å². The van der Waals surface area contributed by atoms with E-state index in [1.54, 1.807) is 67.8 Å². The lowest BCUT2D eigenvalue weighted by molar-refractivity contribution is -0.118. The van der Waals surface area contributed by atoms with Gasteiger partial charge in [-0.25, -0.2) is 4.98 Å². The predicted molar refractivity (Wildman–Crippen MR) is 177 cm³/mol. The zero-order valence-corrected chi connectivity index (χ0v) is 26.1. The number of rotatable bonds is 9. The van der Waals surface area contributed by atoms with Crippen molar-refractivity contribution in [1.29, 1.82) is 0 Å². The van der Waals surface area contributed by atoms with Gasteiger partial charge in [-0.1, -0.05) is 49.2 Å². The second-order valence-electron chi connectivity index (χ2n) is 10.4. The molecule has 10 heteroatoms. The average molecular weight is 630 g/mol. The van der Waals surface area contributed by atoms with E-state index in [9.17, 15) is 9.59 Å². The van der Waals surface area contributed by atoms with Gasteiger partial charge in [0, 0.05) is 26.9 Å². The number of anilines is 1. The third-order valence-electron chi connectivity index (χ3n) is 6.96. The number of nitrogens with one attached hydrogen (secondary N) is 1. The normalized spacial score (nSPS) is 11.3. The van der Waals surface area contributed by atoms with Crippen LogP contribution in [0, 0.1) is 6.92 Å². The highest BCUT2D eigenvalue weighted by molar-refractivity contribution is 6.31. The smallest absolute Gasteiger partial charge is 0.282 e. The molecule has 0 bridgehead atoms. The lowest BCUT2D eigenvalue weighted by Crippen LogP contribution is -2.21. The Balaban J connectivity index is 1.54. The number of carbonyl (C=O) groups excluding carboxylic acids is 1. The van der Waals surface area contributed by atoms with Crippen molar-refractivity contribution in [2.45, 2.75) is 26.7 Å². The number of aromatic nitrogens is 2. The summed E-state index contributed by atoms with van der Waals surface area (Å²) in [4.78, 5) is 31.3. The van der Waals surface area contributed by atoms with Gasteiger partial charge in [0.15, 0.2) is 12.4 Å². The van der Waals surface area contributed by atoms with E-state index in [0.717, 1.165) is 22.4 Å². The van der Waals surface area contributed by atoms with Crippen molar-refractivity contribution in [3.63, 3.8) is 0 Å². The van der Waals surface area contributed by atoms with Gasteiger partial charge < -0.3 is 14.8 Å². The van der Waals surface area contributed by atoms with Gasteiger partial charge in [-0.05, 0) is 90.7 Å². The van der Waals surface area contributed by atoms with E-state index in [4.69, 9.17) is 37.7 Å². The Bertz CT molecular complexity index is 1940. The lowest BCUT2D eigenvalue weighted by atomic mass is 9.96. The third kappa shape index (κ3) is 6.77. The zero-order valence-electron chi connectivity index (χ0n) is 24.6. The molecule has 1 N–H and O–H groups in total. The molecule has 8 nitrogen and oxygen atoms in total. The number of ether oxygens (including phenoxy) is 2. The molecule has 0 saturated heterocycles. The minimum atomic E-state index is -0.363. The summed E-state index contributed by atoms with van der Waals surface area (Å²) in [6.45, 7) is 5.82.